The molecular formula is C20H14N2O3. The van der Waals surface area contributed by atoms with E-state index in [4.69, 9.17) is 14.9 Å². The maximum atomic E-state index is 12.7. The first-order chi connectivity index (χ1) is 12.1. The van der Waals surface area contributed by atoms with E-state index in [0.29, 0.717) is 22.3 Å². The highest BCUT2D eigenvalue weighted by Crippen LogP contribution is 2.43. The Kier molecular flexibility index (Phi) is 3.33. The van der Waals surface area contributed by atoms with Crippen molar-refractivity contribution in [1.82, 2.24) is 0 Å². The van der Waals surface area contributed by atoms with Crippen molar-refractivity contribution in [2.45, 2.75) is 12.8 Å². The first kappa shape index (κ1) is 15.0. The van der Waals surface area contributed by atoms with Crippen LogP contribution in [0.2, 0.25) is 0 Å². The van der Waals surface area contributed by atoms with Gasteiger partial charge in [0.15, 0.2) is 5.75 Å². The molecule has 122 valence electrons. The summed E-state index contributed by atoms with van der Waals surface area (Å²) >= 11 is 0. The minimum absolute atomic E-state index is 0.0114. The molecule has 1 aliphatic heterocycles. The van der Waals surface area contributed by atoms with Crippen LogP contribution in [-0.2, 0) is 0 Å². The summed E-state index contributed by atoms with van der Waals surface area (Å²) < 4.78 is 11.2. The van der Waals surface area contributed by atoms with E-state index in [0.717, 1.165) is 11.1 Å². The van der Waals surface area contributed by atoms with Gasteiger partial charge in [0.05, 0.1) is 16.9 Å². The minimum Gasteiger partial charge on any atom is -0.439 e. The van der Waals surface area contributed by atoms with Gasteiger partial charge in [0.1, 0.15) is 17.2 Å². The van der Waals surface area contributed by atoms with Gasteiger partial charge in [0.2, 0.25) is 5.88 Å². The molecule has 0 bridgehead atoms. The Hall–Kier alpha value is -3.52. The summed E-state index contributed by atoms with van der Waals surface area (Å²) in [5, 5.41) is 10.2. The zero-order valence-corrected chi connectivity index (χ0v) is 13.4. The van der Waals surface area contributed by atoms with Crippen molar-refractivity contribution in [3.8, 4) is 11.8 Å². The van der Waals surface area contributed by atoms with E-state index in [9.17, 15) is 10.1 Å². The van der Waals surface area contributed by atoms with E-state index in [1.807, 2.05) is 49.4 Å². The first-order valence-corrected chi connectivity index (χ1v) is 7.80. The van der Waals surface area contributed by atoms with Gasteiger partial charge in [-0.15, -0.1) is 0 Å². The number of nitrogens with zero attached hydrogens (tertiary/aromatic N) is 1. The second-order valence-electron chi connectivity index (χ2n) is 5.97. The Balaban J connectivity index is 2.11. The molecule has 0 saturated heterocycles. The predicted octanol–water partition coefficient (Wildman–Crippen LogP) is 3.32. The van der Waals surface area contributed by atoms with Gasteiger partial charge in [-0.3, -0.25) is 0 Å². The molecule has 4 rings (SSSR count). The largest absolute Gasteiger partial charge is 0.439 e. The summed E-state index contributed by atoms with van der Waals surface area (Å²) in [6, 6.07) is 16.8. The molecule has 0 amide bonds. The SMILES string of the molecule is Cc1ccc2oc(=O)c3c(c2c1)OC(N)=C(C#N)[C@H]3c1ccccc1. The van der Waals surface area contributed by atoms with Gasteiger partial charge in [-0.2, -0.15) is 5.26 Å². The zero-order valence-electron chi connectivity index (χ0n) is 13.4. The standard InChI is InChI=1S/C20H14N2O3/c1-11-7-8-15-13(9-11)18-17(20(23)24-15)16(12-5-3-2-4-6-12)14(10-21)19(22)25-18/h2-9,16H,22H2,1H3/t16-/m1/s1. The molecule has 0 spiro atoms. The second-order valence-corrected chi connectivity index (χ2v) is 5.97. The van der Waals surface area contributed by atoms with Crippen molar-refractivity contribution in [2.75, 3.05) is 0 Å². The molecule has 5 heteroatoms. The number of fused-ring (bicyclic) bond motifs is 3. The minimum atomic E-state index is -0.615. The molecule has 0 aliphatic carbocycles. The van der Waals surface area contributed by atoms with Crippen LogP contribution in [0, 0.1) is 18.3 Å². The van der Waals surface area contributed by atoms with Crippen molar-refractivity contribution in [3.63, 3.8) is 0 Å². The summed E-state index contributed by atoms with van der Waals surface area (Å²) in [5.41, 5.74) is 8.20. The van der Waals surface area contributed by atoms with Gasteiger partial charge in [-0.1, -0.05) is 42.0 Å². The van der Waals surface area contributed by atoms with Crippen molar-refractivity contribution < 1.29 is 9.15 Å². The molecule has 5 nitrogen and oxygen atoms in total. The van der Waals surface area contributed by atoms with Gasteiger partial charge < -0.3 is 14.9 Å². The van der Waals surface area contributed by atoms with Crippen molar-refractivity contribution >= 4 is 11.0 Å². The van der Waals surface area contributed by atoms with Gasteiger partial charge in [-0.05, 0) is 24.6 Å². The highest BCUT2D eigenvalue weighted by Gasteiger charge is 2.35. The number of hydrogen-bond donors (Lipinski definition) is 1. The van der Waals surface area contributed by atoms with Gasteiger partial charge in [0.25, 0.3) is 0 Å². The lowest BCUT2D eigenvalue weighted by molar-refractivity contribution is 0.388. The van der Waals surface area contributed by atoms with Crippen molar-refractivity contribution in [1.29, 1.82) is 5.26 Å². The number of rotatable bonds is 1. The third kappa shape index (κ3) is 2.27. The van der Waals surface area contributed by atoms with E-state index in [1.54, 1.807) is 6.07 Å². The van der Waals surface area contributed by atoms with Gasteiger partial charge >= 0.3 is 5.63 Å². The van der Waals surface area contributed by atoms with Crippen LogP contribution >= 0.6 is 0 Å². The molecule has 2 aromatic carbocycles. The van der Waals surface area contributed by atoms with E-state index >= 15 is 0 Å². The van der Waals surface area contributed by atoms with Crippen LogP contribution in [0.3, 0.4) is 0 Å². The molecular weight excluding hydrogens is 316 g/mol. The monoisotopic (exact) mass is 330 g/mol. The van der Waals surface area contributed by atoms with Crippen LogP contribution < -0.4 is 16.1 Å². The topological polar surface area (TPSA) is 89.2 Å². The Morgan fingerprint density at radius 2 is 1.92 bits per heavy atom. The van der Waals surface area contributed by atoms with Crippen LogP contribution in [0.5, 0.6) is 5.75 Å². The van der Waals surface area contributed by atoms with Crippen LogP contribution in [-0.4, -0.2) is 0 Å². The molecule has 0 saturated carbocycles. The molecule has 2 heterocycles. The number of allylic oxidation sites excluding steroid dienone is 1. The van der Waals surface area contributed by atoms with Crippen LogP contribution in [0.1, 0.15) is 22.6 Å². The lowest BCUT2D eigenvalue weighted by Gasteiger charge is -2.26. The Morgan fingerprint density at radius 1 is 1.16 bits per heavy atom. The van der Waals surface area contributed by atoms with E-state index in [1.165, 1.54) is 0 Å². The van der Waals surface area contributed by atoms with Crippen LogP contribution in [0.15, 0.2) is 69.2 Å². The molecule has 0 unspecified atom stereocenters. The number of nitrogens with two attached hydrogens (primary N) is 1. The summed E-state index contributed by atoms with van der Waals surface area (Å²) in [6.45, 7) is 1.94. The third-order valence-electron chi connectivity index (χ3n) is 4.36. The number of hydrogen-bond acceptors (Lipinski definition) is 5. The predicted molar refractivity (Wildman–Crippen MR) is 93.0 cm³/mol. The summed E-state index contributed by atoms with van der Waals surface area (Å²) in [4.78, 5) is 12.7. The number of nitriles is 1. The fraction of sp³-hybridized carbons (Fsp3) is 0.100. The summed E-state index contributed by atoms with van der Waals surface area (Å²) in [6.07, 6.45) is 0. The Bertz CT molecular complexity index is 1120. The van der Waals surface area contributed by atoms with E-state index in [2.05, 4.69) is 6.07 Å². The lowest BCUT2D eigenvalue weighted by Crippen LogP contribution is -2.26. The highest BCUT2D eigenvalue weighted by atomic mass is 16.5. The molecule has 0 fully saturated rings. The zero-order chi connectivity index (χ0) is 17.6. The second kappa shape index (κ2) is 5.53. The average Bonchev–Trinajstić information content (AvgIpc) is 2.62. The summed E-state index contributed by atoms with van der Waals surface area (Å²) in [5.74, 6) is -0.242. The van der Waals surface area contributed by atoms with E-state index in [-0.39, 0.29) is 11.5 Å². The van der Waals surface area contributed by atoms with E-state index < -0.39 is 11.5 Å². The van der Waals surface area contributed by atoms with Crippen molar-refractivity contribution in [3.05, 3.63) is 87.1 Å². The molecule has 3 aromatic rings. The average molecular weight is 330 g/mol. The normalized spacial score (nSPS) is 16.2. The maximum Gasteiger partial charge on any atom is 0.344 e. The lowest BCUT2D eigenvalue weighted by atomic mass is 9.84. The molecule has 25 heavy (non-hydrogen) atoms. The van der Waals surface area contributed by atoms with Gasteiger partial charge in [-0.25, -0.2) is 4.79 Å². The number of benzene rings is 2. The fourth-order valence-electron chi connectivity index (χ4n) is 3.21. The Labute approximate surface area is 143 Å². The smallest absolute Gasteiger partial charge is 0.344 e. The van der Waals surface area contributed by atoms with Crippen LogP contribution in [0.4, 0.5) is 0 Å². The molecule has 2 N–H and O–H groups in total. The van der Waals surface area contributed by atoms with Crippen molar-refractivity contribution in [2.24, 2.45) is 5.73 Å². The summed E-state index contributed by atoms with van der Waals surface area (Å²) in [7, 11) is 0. The highest BCUT2D eigenvalue weighted by molar-refractivity contribution is 5.86. The Morgan fingerprint density at radius 3 is 2.64 bits per heavy atom. The molecule has 1 aromatic heterocycles. The first-order valence-electron chi connectivity index (χ1n) is 7.80. The fourth-order valence-corrected chi connectivity index (χ4v) is 3.21. The molecule has 1 aliphatic rings. The van der Waals surface area contributed by atoms with Crippen LogP contribution in [0.25, 0.3) is 11.0 Å². The third-order valence-corrected chi connectivity index (χ3v) is 4.36. The number of ether oxygens (including phenoxy) is 1. The maximum absolute atomic E-state index is 12.7. The van der Waals surface area contributed by atoms with Gasteiger partial charge in [0, 0.05) is 0 Å². The molecule has 0 radical (unpaired) electrons. The quantitative estimate of drug-likeness (QED) is 0.691. The molecule has 1 atom stereocenters. The number of aryl methyl sites for hydroxylation is 1.